The van der Waals surface area contributed by atoms with Gasteiger partial charge in [0.25, 0.3) is 5.56 Å². The van der Waals surface area contributed by atoms with Crippen LogP contribution < -0.4 is 16.2 Å². The molecule has 5 rings (SSSR count). The molecule has 43 heavy (non-hydrogen) atoms. The second-order valence-corrected chi connectivity index (χ2v) is 11.5. The van der Waals surface area contributed by atoms with Crippen LogP contribution in [-0.4, -0.2) is 43.1 Å². The molecule has 12 heteroatoms. The van der Waals surface area contributed by atoms with E-state index in [0.29, 0.717) is 22.1 Å². The molecule has 1 saturated carbocycles. The number of hydrogen-bond acceptors (Lipinski definition) is 5. The van der Waals surface area contributed by atoms with E-state index in [1.165, 1.54) is 6.07 Å². The number of carbonyl (C=O) groups is 2. The second-order valence-electron chi connectivity index (χ2n) is 11.1. The molecule has 2 amide bonds. The van der Waals surface area contributed by atoms with E-state index in [4.69, 9.17) is 11.6 Å². The molecule has 1 atom stereocenters. The molecule has 4 aromatic rings. The van der Waals surface area contributed by atoms with Crippen molar-refractivity contribution in [2.45, 2.75) is 51.1 Å². The minimum atomic E-state index is -2.88. The van der Waals surface area contributed by atoms with Gasteiger partial charge in [-0.15, -0.1) is 10.2 Å². The SMILES string of the molecule is CC(C)n1cc(-c2ccc(Cl)c(CC(NC(=O)C3CC(F)(F)C3)C(=O)Nc3ccc(-c4nncn4C)cc3)c2)ccc1=O. The van der Waals surface area contributed by atoms with Crippen LogP contribution in [0.2, 0.25) is 5.02 Å². The number of pyridine rings is 1. The number of nitrogens with zero attached hydrogens (tertiary/aromatic N) is 4. The Balaban J connectivity index is 1.39. The fraction of sp³-hybridized carbons (Fsp3) is 0.323. The number of alkyl halides is 2. The summed E-state index contributed by atoms with van der Waals surface area (Å²) in [7, 11) is 1.82. The predicted octanol–water partition coefficient (Wildman–Crippen LogP) is 5.26. The zero-order chi connectivity index (χ0) is 30.9. The first-order valence-corrected chi connectivity index (χ1v) is 14.2. The molecule has 224 valence electrons. The van der Waals surface area contributed by atoms with Gasteiger partial charge < -0.3 is 19.8 Å². The first kappa shape index (κ1) is 30.1. The van der Waals surface area contributed by atoms with Gasteiger partial charge in [-0.1, -0.05) is 17.7 Å². The molecular formula is C31H31ClF2N6O3. The summed E-state index contributed by atoms with van der Waals surface area (Å²) in [4.78, 5) is 38.7. The molecule has 0 bridgehead atoms. The van der Waals surface area contributed by atoms with Crippen LogP contribution in [0.4, 0.5) is 14.5 Å². The number of amides is 2. The zero-order valence-corrected chi connectivity index (χ0v) is 24.6. The fourth-order valence-corrected chi connectivity index (χ4v) is 5.23. The van der Waals surface area contributed by atoms with Crippen LogP contribution in [-0.2, 0) is 23.1 Å². The maximum Gasteiger partial charge on any atom is 0.250 e. The largest absolute Gasteiger partial charge is 0.344 e. The van der Waals surface area contributed by atoms with Crippen molar-refractivity contribution in [2.75, 3.05) is 5.32 Å². The Hall–Kier alpha value is -4.38. The Morgan fingerprint density at radius 3 is 2.35 bits per heavy atom. The van der Waals surface area contributed by atoms with Gasteiger partial charge in [0, 0.05) is 66.8 Å². The number of anilines is 1. The average Bonchev–Trinajstić information content (AvgIpc) is 3.38. The van der Waals surface area contributed by atoms with Crippen molar-refractivity contribution in [1.29, 1.82) is 0 Å². The highest BCUT2D eigenvalue weighted by molar-refractivity contribution is 6.31. The third kappa shape index (κ3) is 6.83. The molecule has 0 saturated heterocycles. The Kier molecular flexibility index (Phi) is 8.45. The van der Waals surface area contributed by atoms with E-state index >= 15 is 0 Å². The Morgan fingerprint density at radius 2 is 1.72 bits per heavy atom. The van der Waals surface area contributed by atoms with Gasteiger partial charge in [0.05, 0.1) is 0 Å². The summed E-state index contributed by atoms with van der Waals surface area (Å²) >= 11 is 6.54. The van der Waals surface area contributed by atoms with E-state index in [1.807, 2.05) is 20.9 Å². The number of aryl methyl sites for hydroxylation is 1. The topological polar surface area (TPSA) is 111 Å². The maximum absolute atomic E-state index is 13.5. The lowest BCUT2D eigenvalue weighted by atomic mass is 9.80. The summed E-state index contributed by atoms with van der Waals surface area (Å²) in [6.07, 6.45) is 2.23. The molecule has 0 aliphatic heterocycles. The van der Waals surface area contributed by atoms with E-state index in [0.717, 1.165) is 16.7 Å². The number of rotatable bonds is 9. The van der Waals surface area contributed by atoms with Gasteiger partial charge in [0.2, 0.25) is 17.7 Å². The van der Waals surface area contributed by atoms with Gasteiger partial charge in [0.1, 0.15) is 12.4 Å². The molecule has 9 nitrogen and oxygen atoms in total. The molecule has 2 N–H and O–H groups in total. The van der Waals surface area contributed by atoms with Gasteiger partial charge in [-0.05, 0) is 73.0 Å². The molecule has 2 aromatic carbocycles. The number of carbonyl (C=O) groups excluding carboxylic acids is 2. The van der Waals surface area contributed by atoms with E-state index < -0.39 is 42.5 Å². The van der Waals surface area contributed by atoms with Gasteiger partial charge in [-0.2, -0.15) is 0 Å². The first-order valence-electron chi connectivity index (χ1n) is 13.8. The van der Waals surface area contributed by atoms with Crippen molar-refractivity contribution < 1.29 is 18.4 Å². The lowest BCUT2D eigenvalue weighted by Gasteiger charge is -2.34. The number of aromatic nitrogens is 4. The van der Waals surface area contributed by atoms with Crippen LogP contribution in [0.5, 0.6) is 0 Å². The van der Waals surface area contributed by atoms with Crippen molar-refractivity contribution in [3.8, 4) is 22.5 Å². The summed E-state index contributed by atoms with van der Waals surface area (Å²) in [6.45, 7) is 3.82. The molecule has 1 unspecified atom stereocenters. The minimum absolute atomic E-state index is 0.00814. The van der Waals surface area contributed by atoms with Gasteiger partial charge in [-0.3, -0.25) is 14.4 Å². The molecule has 1 fully saturated rings. The maximum atomic E-state index is 13.5. The highest BCUT2D eigenvalue weighted by Crippen LogP contribution is 2.42. The van der Waals surface area contributed by atoms with Crippen molar-refractivity contribution in [3.63, 3.8) is 0 Å². The van der Waals surface area contributed by atoms with Crippen LogP contribution in [0.1, 0.15) is 38.3 Å². The summed E-state index contributed by atoms with van der Waals surface area (Å²) in [6, 6.07) is 14.3. The summed E-state index contributed by atoms with van der Waals surface area (Å²) in [5, 5.41) is 13.8. The first-order chi connectivity index (χ1) is 20.4. The van der Waals surface area contributed by atoms with Crippen LogP contribution >= 0.6 is 11.6 Å². The number of nitrogens with one attached hydrogen (secondary N) is 2. The summed E-state index contributed by atoms with van der Waals surface area (Å²) < 4.78 is 30.4. The van der Waals surface area contributed by atoms with Crippen molar-refractivity contribution >= 4 is 29.1 Å². The minimum Gasteiger partial charge on any atom is -0.344 e. The molecule has 1 aliphatic rings. The van der Waals surface area contributed by atoms with Gasteiger partial charge >= 0.3 is 0 Å². The van der Waals surface area contributed by atoms with Crippen molar-refractivity contribution in [1.82, 2.24) is 24.6 Å². The van der Waals surface area contributed by atoms with E-state index in [9.17, 15) is 23.2 Å². The van der Waals surface area contributed by atoms with Crippen molar-refractivity contribution in [2.24, 2.45) is 13.0 Å². The number of benzene rings is 2. The van der Waals surface area contributed by atoms with Crippen LogP contribution in [0.15, 0.2) is 71.9 Å². The van der Waals surface area contributed by atoms with Crippen molar-refractivity contribution in [3.05, 3.63) is 88.1 Å². The van der Waals surface area contributed by atoms with Crippen LogP contribution in [0.3, 0.4) is 0 Å². The van der Waals surface area contributed by atoms with Crippen LogP contribution in [0, 0.1) is 5.92 Å². The van der Waals surface area contributed by atoms with E-state index in [1.54, 1.807) is 70.2 Å². The van der Waals surface area contributed by atoms with Crippen LogP contribution in [0.25, 0.3) is 22.5 Å². The Bertz CT molecular complexity index is 1710. The lowest BCUT2D eigenvalue weighted by molar-refractivity contribution is -0.151. The van der Waals surface area contributed by atoms with E-state index in [2.05, 4.69) is 20.8 Å². The highest BCUT2D eigenvalue weighted by atomic mass is 35.5. The standard InChI is InChI=1S/C31H31ClF2N6O3/c1-18(2)40-16-21(7-11-27(40)41)20-6-10-25(32)22(12-20)13-26(37-29(42)23-14-31(33,34)15-23)30(43)36-24-8-4-19(5-9-24)28-38-35-17-39(28)3/h4-12,16-18,23,26H,13-15H2,1-3H3,(H,36,43)(H,37,42). The Morgan fingerprint density at radius 1 is 1.05 bits per heavy atom. The zero-order valence-electron chi connectivity index (χ0n) is 23.9. The molecule has 0 spiro atoms. The smallest absolute Gasteiger partial charge is 0.250 e. The molecule has 2 heterocycles. The lowest BCUT2D eigenvalue weighted by Crippen LogP contribution is -2.51. The molecular weight excluding hydrogens is 578 g/mol. The monoisotopic (exact) mass is 608 g/mol. The fourth-order valence-electron chi connectivity index (χ4n) is 5.03. The number of halogens is 3. The second kappa shape index (κ2) is 12.1. The third-order valence-electron chi connectivity index (χ3n) is 7.51. The number of hydrogen-bond donors (Lipinski definition) is 2. The van der Waals surface area contributed by atoms with Gasteiger partial charge in [0.15, 0.2) is 5.82 Å². The quantitative estimate of drug-likeness (QED) is 0.269. The predicted molar refractivity (Wildman–Crippen MR) is 160 cm³/mol. The highest BCUT2D eigenvalue weighted by Gasteiger charge is 2.49. The van der Waals surface area contributed by atoms with E-state index in [-0.39, 0.29) is 18.0 Å². The molecule has 2 aromatic heterocycles. The summed E-state index contributed by atoms with van der Waals surface area (Å²) in [5.74, 6) is -4.25. The summed E-state index contributed by atoms with van der Waals surface area (Å²) in [5.41, 5.74) is 3.24. The molecule has 1 aliphatic carbocycles. The Labute approximate surface area is 251 Å². The molecule has 0 radical (unpaired) electrons. The van der Waals surface area contributed by atoms with Gasteiger partial charge in [-0.25, -0.2) is 8.78 Å². The third-order valence-corrected chi connectivity index (χ3v) is 7.88. The average molecular weight is 609 g/mol. The normalized spacial score (nSPS) is 15.1.